The van der Waals surface area contributed by atoms with Crippen LogP contribution in [0.5, 0.6) is 0 Å². The van der Waals surface area contributed by atoms with Gasteiger partial charge in [-0.15, -0.1) is 0 Å². The summed E-state index contributed by atoms with van der Waals surface area (Å²) in [6, 6.07) is 0. The van der Waals surface area contributed by atoms with Crippen molar-refractivity contribution >= 4 is 21.6 Å². The summed E-state index contributed by atoms with van der Waals surface area (Å²) >= 11 is 0. The van der Waals surface area contributed by atoms with Gasteiger partial charge in [-0.1, -0.05) is 84.0 Å². The SMILES string of the molecule is CCCCCCCCCCCCCCCC(=O)O[C@@H](COCO)COP(=O)(O)OC1C(O)[C@H](O)C(OP(=O)(O)O)C(O)[C@@H]1O. The van der Waals surface area contributed by atoms with Crippen LogP contribution in [0.2, 0.25) is 0 Å². The fraction of sp³-hybridized carbons (Fsp3) is 0.962. The number of phosphoric ester groups is 2. The molecule has 8 atom stereocenters. The third kappa shape index (κ3) is 17.4. The average molecular weight is 683 g/mol. The number of aliphatic hydroxyl groups excluding tert-OH is 5. The van der Waals surface area contributed by atoms with Gasteiger partial charge in [0, 0.05) is 6.42 Å². The van der Waals surface area contributed by atoms with E-state index in [1.54, 1.807) is 0 Å². The van der Waals surface area contributed by atoms with E-state index in [-0.39, 0.29) is 6.42 Å². The standard InChI is InChI=1S/C26H52O16P2/c1-2-3-4-5-6-7-8-9-10-11-12-13-14-15-20(28)40-19(16-38-18-27)17-39-44(36,37)42-26-23(31)21(29)25(22(30)24(26)32)41-43(33,34)35/h19,21-27,29-32H,2-18H2,1H3,(H,36,37)(H2,33,34,35)/t19-,21-,22?,23?,24-,25?,26?/m0/s1. The average Bonchev–Trinajstić information content (AvgIpc) is 2.96. The molecular formula is C26H52O16P2. The molecule has 0 aromatic carbocycles. The quantitative estimate of drug-likeness (QED) is 0.0295. The van der Waals surface area contributed by atoms with Crippen LogP contribution in [0, 0.1) is 0 Å². The number of phosphoric acid groups is 2. The lowest BCUT2D eigenvalue weighted by molar-refractivity contribution is -0.216. The Hall–Kier alpha value is -0.550. The van der Waals surface area contributed by atoms with E-state index in [0.717, 1.165) is 25.7 Å². The lowest BCUT2D eigenvalue weighted by Gasteiger charge is -2.43. The molecule has 16 nitrogen and oxygen atoms in total. The van der Waals surface area contributed by atoms with Crippen LogP contribution in [-0.2, 0) is 37.0 Å². The molecule has 0 radical (unpaired) electrons. The number of carbonyl (C=O) groups is 1. The fourth-order valence-corrected chi connectivity index (χ4v) is 6.32. The van der Waals surface area contributed by atoms with Crippen LogP contribution >= 0.6 is 15.6 Å². The number of rotatable bonds is 25. The van der Waals surface area contributed by atoms with Gasteiger partial charge in [0.25, 0.3) is 0 Å². The summed E-state index contributed by atoms with van der Waals surface area (Å²) in [5.41, 5.74) is 0. The second kappa shape index (κ2) is 22.1. The molecule has 18 heteroatoms. The molecule has 0 aliphatic heterocycles. The van der Waals surface area contributed by atoms with E-state index < -0.39 is 84.3 Å². The molecule has 1 aliphatic rings. The van der Waals surface area contributed by atoms with Gasteiger partial charge in [-0.25, -0.2) is 9.13 Å². The zero-order valence-electron chi connectivity index (χ0n) is 25.3. The van der Waals surface area contributed by atoms with E-state index in [2.05, 4.69) is 11.4 Å². The number of carbonyl (C=O) groups excluding carboxylic acids is 1. The van der Waals surface area contributed by atoms with Gasteiger partial charge in [-0.2, -0.15) is 0 Å². The first-order valence-electron chi connectivity index (χ1n) is 15.2. The summed E-state index contributed by atoms with van der Waals surface area (Å²) < 4.78 is 47.3. The van der Waals surface area contributed by atoms with Crippen molar-refractivity contribution in [3.63, 3.8) is 0 Å². The van der Waals surface area contributed by atoms with E-state index in [1.807, 2.05) is 0 Å². The topological polar surface area (TPSA) is 259 Å². The Morgan fingerprint density at radius 1 is 0.682 bits per heavy atom. The Labute approximate surface area is 258 Å². The summed E-state index contributed by atoms with van der Waals surface area (Å²) in [6.07, 6.45) is 0.300. The van der Waals surface area contributed by atoms with Crippen molar-refractivity contribution in [3.8, 4) is 0 Å². The summed E-state index contributed by atoms with van der Waals surface area (Å²) in [6.45, 7) is 0.284. The summed E-state index contributed by atoms with van der Waals surface area (Å²) in [4.78, 5) is 40.3. The fourth-order valence-electron chi connectivity index (χ4n) is 4.78. The van der Waals surface area contributed by atoms with E-state index in [0.29, 0.717) is 6.42 Å². The van der Waals surface area contributed by atoms with E-state index >= 15 is 0 Å². The van der Waals surface area contributed by atoms with Gasteiger partial charge < -0.3 is 49.7 Å². The zero-order valence-corrected chi connectivity index (χ0v) is 27.1. The smallest absolute Gasteiger partial charge is 0.457 e. The molecule has 1 aliphatic carbocycles. The molecule has 0 saturated heterocycles. The highest BCUT2D eigenvalue weighted by Gasteiger charge is 2.54. The molecule has 0 amide bonds. The molecule has 0 aromatic rings. The van der Waals surface area contributed by atoms with Gasteiger partial charge in [0.05, 0.1) is 13.2 Å². The molecular weight excluding hydrogens is 630 g/mol. The molecule has 262 valence electrons. The first-order chi connectivity index (χ1) is 20.7. The van der Waals surface area contributed by atoms with E-state index in [1.165, 1.54) is 51.4 Å². The summed E-state index contributed by atoms with van der Waals surface area (Å²) in [7, 11) is -10.4. The Bertz CT molecular complexity index is 857. The Balaban J connectivity index is 2.44. The number of unbranched alkanes of at least 4 members (excludes halogenated alkanes) is 12. The second-order valence-corrected chi connectivity index (χ2v) is 13.6. The monoisotopic (exact) mass is 682 g/mol. The molecule has 8 N–H and O–H groups in total. The number of ether oxygens (including phenoxy) is 2. The van der Waals surface area contributed by atoms with E-state index in [9.17, 15) is 39.2 Å². The first kappa shape index (κ1) is 41.5. The van der Waals surface area contributed by atoms with Gasteiger partial charge in [-0.3, -0.25) is 18.4 Å². The van der Waals surface area contributed by atoms with Crippen LogP contribution in [0.15, 0.2) is 0 Å². The molecule has 5 unspecified atom stereocenters. The number of hydrogen-bond acceptors (Lipinski definition) is 13. The van der Waals surface area contributed by atoms with Crippen LogP contribution < -0.4 is 0 Å². The van der Waals surface area contributed by atoms with Gasteiger partial charge in [0.1, 0.15) is 49.5 Å². The highest BCUT2D eigenvalue weighted by Crippen LogP contribution is 2.48. The third-order valence-electron chi connectivity index (χ3n) is 7.16. The van der Waals surface area contributed by atoms with Crippen LogP contribution in [0.3, 0.4) is 0 Å². The van der Waals surface area contributed by atoms with E-state index in [4.69, 9.17) is 33.4 Å². The van der Waals surface area contributed by atoms with Crippen molar-refractivity contribution in [2.75, 3.05) is 20.0 Å². The molecule has 1 rings (SSSR count). The van der Waals surface area contributed by atoms with Gasteiger partial charge in [0.15, 0.2) is 0 Å². The Kier molecular flexibility index (Phi) is 20.8. The van der Waals surface area contributed by atoms with Crippen molar-refractivity contribution in [1.29, 1.82) is 0 Å². The van der Waals surface area contributed by atoms with Crippen LogP contribution in [0.1, 0.15) is 96.8 Å². The number of esters is 1. The maximum atomic E-state index is 12.5. The highest BCUT2D eigenvalue weighted by atomic mass is 31.2. The van der Waals surface area contributed by atoms with Crippen LogP contribution in [-0.4, -0.2) is 109 Å². The lowest BCUT2D eigenvalue weighted by Crippen LogP contribution is -2.64. The molecule has 1 saturated carbocycles. The van der Waals surface area contributed by atoms with Crippen molar-refractivity contribution in [3.05, 3.63) is 0 Å². The summed E-state index contributed by atoms with van der Waals surface area (Å²) in [5.74, 6) is -0.627. The third-order valence-corrected chi connectivity index (χ3v) is 8.66. The van der Waals surface area contributed by atoms with Gasteiger partial charge in [0.2, 0.25) is 0 Å². The van der Waals surface area contributed by atoms with Crippen molar-refractivity contribution in [2.24, 2.45) is 0 Å². The second-order valence-electron chi connectivity index (χ2n) is 11.0. The zero-order chi connectivity index (χ0) is 33.2. The van der Waals surface area contributed by atoms with Crippen molar-refractivity contribution < 1.29 is 77.2 Å². The summed E-state index contributed by atoms with van der Waals surface area (Å²) in [5, 5.41) is 49.5. The highest BCUT2D eigenvalue weighted by molar-refractivity contribution is 7.47. The van der Waals surface area contributed by atoms with Crippen LogP contribution in [0.25, 0.3) is 0 Å². The lowest BCUT2D eigenvalue weighted by atomic mass is 9.85. The van der Waals surface area contributed by atoms with Crippen molar-refractivity contribution in [1.82, 2.24) is 0 Å². The minimum Gasteiger partial charge on any atom is -0.457 e. The predicted molar refractivity (Wildman–Crippen MR) is 155 cm³/mol. The molecule has 0 spiro atoms. The van der Waals surface area contributed by atoms with Gasteiger partial charge in [-0.05, 0) is 6.42 Å². The Morgan fingerprint density at radius 3 is 1.55 bits per heavy atom. The molecule has 0 heterocycles. The van der Waals surface area contributed by atoms with Crippen molar-refractivity contribution in [2.45, 2.75) is 140 Å². The molecule has 0 aromatic heterocycles. The minimum absolute atomic E-state index is 0.0781. The number of hydrogen-bond donors (Lipinski definition) is 8. The minimum atomic E-state index is -5.27. The predicted octanol–water partition coefficient (Wildman–Crippen LogP) is 1.78. The molecule has 0 bridgehead atoms. The number of aliphatic hydroxyl groups is 5. The maximum absolute atomic E-state index is 12.5. The van der Waals surface area contributed by atoms with Gasteiger partial charge >= 0.3 is 21.6 Å². The molecule has 44 heavy (non-hydrogen) atoms. The molecule has 1 fully saturated rings. The normalized spacial score (nSPS) is 26.3. The Morgan fingerprint density at radius 2 is 1.11 bits per heavy atom. The first-order valence-corrected chi connectivity index (χ1v) is 18.2. The maximum Gasteiger partial charge on any atom is 0.472 e. The largest absolute Gasteiger partial charge is 0.472 e. The van der Waals surface area contributed by atoms with Crippen LogP contribution in [0.4, 0.5) is 0 Å².